The van der Waals surface area contributed by atoms with Crippen molar-refractivity contribution < 1.29 is 5.11 Å². The Bertz CT molecular complexity index is 687. The Balaban J connectivity index is 2.14. The van der Waals surface area contributed by atoms with Gasteiger partial charge in [-0.15, -0.1) is 0 Å². The third-order valence-corrected chi connectivity index (χ3v) is 5.95. The van der Waals surface area contributed by atoms with Crippen LogP contribution in [0.25, 0.3) is 0 Å². The van der Waals surface area contributed by atoms with Gasteiger partial charge < -0.3 is 16.2 Å². The summed E-state index contributed by atoms with van der Waals surface area (Å²) in [4.78, 5) is 2.42. The zero-order valence-electron chi connectivity index (χ0n) is 13.7. The number of allylic oxidation sites excluding steroid dienone is 2. The molecule has 4 N–H and O–H groups in total. The lowest BCUT2D eigenvalue weighted by molar-refractivity contribution is 0.186. The van der Waals surface area contributed by atoms with Crippen LogP contribution in [-0.2, 0) is 6.42 Å². The van der Waals surface area contributed by atoms with Crippen LogP contribution in [0.15, 0.2) is 38.9 Å². The topological polar surface area (TPSA) is 61.5 Å². The minimum Gasteiger partial charge on any atom is -0.508 e. The first-order valence-electron chi connectivity index (χ1n) is 8.32. The summed E-state index contributed by atoms with van der Waals surface area (Å²) in [5, 5.41) is 13.6. The molecule has 130 valence electrons. The number of hydrogen-bond donors (Lipinski definition) is 3. The number of phenolic OH excluding ortho intramolecular Hbond substituents is 1. The number of phenols is 1. The lowest BCUT2D eigenvalue weighted by Gasteiger charge is -2.39. The van der Waals surface area contributed by atoms with Crippen molar-refractivity contribution in [1.29, 1.82) is 0 Å². The SMILES string of the molecule is CCN(CCN)[C@@H]1c2c(Br)cc(O)cc2CCC2=CC(Br)=CNC21. The molecule has 0 spiro atoms. The molecule has 0 fully saturated rings. The average molecular weight is 457 g/mol. The van der Waals surface area contributed by atoms with Crippen LogP contribution < -0.4 is 11.1 Å². The van der Waals surface area contributed by atoms with E-state index in [1.807, 2.05) is 12.3 Å². The molecule has 0 saturated carbocycles. The summed E-state index contributed by atoms with van der Waals surface area (Å²) in [5.41, 5.74) is 9.72. The fourth-order valence-corrected chi connectivity index (χ4v) is 4.95. The number of nitrogens with one attached hydrogen (secondary N) is 1. The predicted molar refractivity (Wildman–Crippen MR) is 105 cm³/mol. The van der Waals surface area contributed by atoms with Crippen LogP contribution in [0.5, 0.6) is 5.75 Å². The van der Waals surface area contributed by atoms with E-state index in [1.54, 1.807) is 6.07 Å². The highest BCUT2D eigenvalue weighted by Gasteiger charge is 2.36. The van der Waals surface area contributed by atoms with E-state index in [-0.39, 0.29) is 12.1 Å². The van der Waals surface area contributed by atoms with Crippen LogP contribution in [0.2, 0.25) is 0 Å². The van der Waals surface area contributed by atoms with Crippen LogP contribution in [0.4, 0.5) is 0 Å². The van der Waals surface area contributed by atoms with Gasteiger partial charge in [0, 0.05) is 28.2 Å². The molecule has 3 rings (SSSR count). The molecule has 1 aliphatic heterocycles. The first-order chi connectivity index (χ1) is 11.5. The number of hydrogen-bond acceptors (Lipinski definition) is 4. The Morgan fingerprint density at radius 1 is 1.33 bits per heavy atom. The number of benzene rings is 1. The fourth-order valence-electron chi connectivity index (χ4n) is 3.80. The molecular formula is C18H23Br2N3O. The van der Waals surface area contributed by atoms with Gasteiger partial charge in [0.2, 0.25) is 0 Å². The predicted octanol–water partition coefficient (Wildman–Crippen LogP) is 3.56. The third-order valence-electron chi connectivity index (χ3n) is 4.83. The van der Waals surface area contributed by atoms with E-state index >= 15 is 0 Å². The second-order valence-corrected chi connectivity index (χ2v) is 8.03. The van der Waals surface area contributed by atoms with E-state index in [4.69, 9.17) is 5.73 Å². The maximum absolute atomic E-state index is 10.0. The van der Waals surface area contributed by atoms with Crippen LogP contribution >= 0.6 is 31.9 Å². The minimum absolute atomic E-state index is 0.175. The molecule has 1 unspecified atom stereocenters. The van der Waals surface area contributed by atoms with E-state index in [9.17, 15) is 5.11 Å². The van der Waals surface area contributed by atoms with Gasteiger partial charge in [0.1, 0.15) is 5.75 Å². The van der Waals surface area contributed by atoms with Gasteiger partial charge in [0.25, 0.3) is 0 Å². The molecule has 1 heterocycles. The van der Waals surface area contributed by atoms with Crippen molar-refractivity contribution in [2.75, 3.05) is 19.6 Å². The van der Waals surface area contributed by atoms with Crippen molar-refractivity contribution in [2.24, 2.45) is 5.73 Å². The van der Waals surface area contributed by atoms with Crippen molar-refractivity contribution in [3.8, 4) is 5.75 Å². The van der Waals surface area contributed by atoms with Gasteiger partial charge in [0.15, 0.2) is 0 Å². The van der Waals surface area contributed by atoms with Gasteiger partial charge in [-0.1, -0.05) is 22.9 Å². The Kier molecular flexibility index (Phi) is 5.70. The van der Waals surface area contributed by atoms with Gasteiger partial charge in [-0.05, 0) is 70.2 Å². The molecule has 0 bridgehead atoms. The van der Waals surface area contributed by atoms with Gasteiger partial charge >= 0.3 is 0 Å². The largest absolute Gasteiger partial charge is 0.508 e. The first kappa shape index (κ1) is 18.0. The molecule has 0 saturated heterocycles. The van der Waals surface area contributed by atoms with Crippen LogP contribution in [0, 0.1) is 0 Å². The Hall–Kier alpha value is -0.820. The molecular weight excluding hydrogens is 434 g/mol. The zero-order valence-corrected chi connectivity index (χ0v) is 16.9. The molecule has 2 aliphatic rings. The van der Waals surface area contributed by atoms with E-state index in [0.29, 0.717) is 12.3 Å². The quantitative estimate of drug-likeness (QED) is 0.648. The van der Waals surface area contributed by atoms with Crippen LogP contribution in [0.1, 0.15) is 30.5 Å². The number of nitrogens with zero attached hydrogens (tertiary/aromatic N) is 1. The number of halogens is 2. The molecule has 24 heavy (non-hydrogen) atoms. The summed E-state index contributed by atoms with van der Waals surface area (Å²) in [6.07, 6.45) is 6.14. The average Bonchev–Trinajstić information content (AvgIpc) is 2.69. The summed E-state index contributed by atoms with van der Waals surface area (Å²) >= 11 is 7.28. The molecule has 0 amide bonds. The monoisotopic (exact) mass is 455 g/mol. The highest BCUT2D eigenvalue weighted by molar-refractivity contribution is 9.12. The van der Waals surface area contributed by atoms with Gasteiger partial charge in [-0.2, -0.15) is 0 Å². The molecule has 0 aromatic heterocycles. The summed E-state index contributed by atoms with van der Waals surface area (Å²) < 4.78 is 2.04. The van der Waals surface area contributed by atoms with E-state index in [0.717, 1.165) is 34.9 Å². The van der Waals surface area contributed by atoms with E-state index in [1.165, 1.54) is 16.7 Å². The Morgan fingerprint density at radius 2 is 2.12 bits per heavy atom. The lowest BCUT2D eigenvalue weighted by atomic mass is 9.91. The number of dihydropyridines is 1. The Morgan fingerprint density at radius 3 is 2.83 bits per heavy atom. The second kappa shape index (κ2) is 7.60. The molecule has 1 aromatic carbocycles. The zero-order chi connectivity index (χ0) is 17.3. The first-order valence-corrected chi connectivity index (χ1v) is 9.91. The van der Waals surface area contributed by atoms with Gasteiger partial charge in [0.05, 0.1) is 12.1 Å². The normalized spacial score (nSPS) is 22.9. The van der Waals surface area contributed by atoms with Crippen molar-refractivity contribution >= 4 is 31.9 Å². The number of likely N-dealkylation sites (N-methyl/N-ethyl adjacent to an activating group) is 1. The summed E-state index contributed by atoms with van der Waals surface area (Å²) in [6.45, 7) is 4.56. The van der Waals surface area contributed by atoms with Crippen molar-refractivity contribution in [1.82, 2.24) is 10.2 Å². The molecule has 1 aromatic rings. The summed E-state index contributed by atoms with van der Waals surface area (Å²) in [6, 6.07) is 4.09. The van der Waals surface area contributed by atoms with Crippen LogP contribution in [0.3, 0.4) is 0 Å². The Labute approximate surface area is 160 Å². The molecule has 6 heteroatoms. The van der Waals surface area contributed by atoms with Gasteiger partial charge in [-0.25, -0.2) is 0 Å². The summed E-state index contributed by atoms with van der Waals surface area (Å²) in [7, 11) is 0. The smallest absolute Gasteiger partial charge is 0.116 e. The second-order valence-electron chi connectivity index (χ2n) is 6.26. The van der Waals surface area contributed by atoms with Crippen molar-refractivity contribution in [3.05, 3.63) is 50.1 Å². The molecule has 4 nitrogen and oxygen atoms in total. The van der Waals surface area contributed by atoms with Gasteiger partial charge in [-0.3, -0.25) is 4.90 Å². The maximum atomic E-state index is 10.0. The third kappa shape index (κ3) is 3.43. The number of nitrogens with two attached hydrogens (primary N) is 1. The number of fused-ring (bicyclic) bond motifs is 2. The van der Waals surface area contributed by atoms with E-state index in [2.05, 4.69) is 55.1 Å². The maximum Gasteiger partial charge on any atom is 0.116 e. The van der Waals surface area contributed by atoms with Crippen LogP contribution in [-0.4, -0.2) is 35.7 Å². The standard InChI is InChI=1S/C18H23Br2N3O/c1-2-23(6-5-21)18-16-11(8-14(24)9-15(16)20)3-4-12-7-13(19)10-22-17(12)18/h7-10,17-18,22,24H,2-6,21H2,1H3/t17?,18-/m1/s1. The highest BCUT2D eigenvalue weighted by atomic mass is 79.9. The number of aryl methyl sites for hydroxylation is 1. The summed E-state index contributed by atoms with van der Waals surface area (Å²) in [5.74, 6) is 0.312. The molecule has 0 radical (unpaired) electrons. The van der Waals surface area contributed by atoms with E-state index < -0.39 is 0 Å². The molecule has 2 atom stereocenters. The van der Waals surface area contributed by atoms with Crippen molar-refractivity contribution in [2.45, 2.75) is 31.8 Å². The number of aromatic hydroxyl groups is 1. The molecule has 1 aliphatic carbocycles. The highest BCUT2D eigenvalue weighted by Crippen LogP contribution is 2.42. The fraction of sp³-hybridized carbons (Fsp3) is 0.444. The minimum atomic E-state index is 0.175. The lowest BCUT2D eigenvalue weighted by Crippen LogP contribution is -2.45. The number of rotatable bonds is 4. The van der Waals surface area contributed by atoms with Crippen molar-refractivity contribution in [3.63, 3.8) is 0 Å².